The first-order chi connectivity index (χ1) is 10.7. The minimum atomic E-state index is -0.796. The van der Waals surface area contributed by atoms with Crippen LogP contribution in [-0.2, 0) is 9.53 Å². The van der Waals surface area contributed by atoms with E-state index in [1.54, 1.807) is 13.8 Å². The van der Waals surface area contributed by atoms with Crippen LogP contribution in [-0.4, -0.2) is 28.6 Å². The number of nitrogens with one attached hydrogen (secondary N) is 2. The number of carbonyl (C=O) groups is 1. The molecule has 0 radical (unpaired) electrons. The Bertz CT molecular complexity index is 673. The summed E-state index contributed by atoms with van der Waals surface area (Å²) in [6, 6.07) is 11.3. The van der Waals surface area contributed by atoms with E-state index < -0.39 is 5.60 Å². The maximum atomic E-state index is 11.6. The van der Waals surface area contributed by atoms with Gasteiger partial charge in [0.05, 0.1) is 0 Å². The highest BCUT2D eigenvalue weighted by Gasteiger charge is 2.26. The summed E-state index contributed by atoms with van der Waals surface area (Å²) >= 11 is 4.82. The lowest BCUT2D eigenvalue weighted by molar-refractivity contribution is -0.133. The first-order valence-electron chi connectivity index (χ1n) is 7.21. The largest absolute Gasteiger partial charge is 0.369 e. The number of ether oxygens (including phenoxy) is 1. The zero-order valence-corrected chi connectivity index (χ0v) is 15.0. The maximum Gasteiger partial charge on any atom is 0.256 e. The van der Waals surface area contributed by atoms with Crippen molar-refractivity contribution < 1.29 is 9.53 Å². The van der Waals surface area contributed by atoms with Gasteiger partial charge >= 0.3 is 0 Å². The summed E-state index contributed by atoms with van der Waals surface area (Å²) in [4.78, 5) is 18.5. The average molecular weight is 333 g/mol. The summed E-state index contributed by atoms with van der Waals surface area (Å²) in [5.74, 6) is -0.147. The molecule has 23 heavy (non-hydrogen) atoms. The molecule has 0 aliphatic heterocycles. The van der Waals surface area contributed by atoms with Gasteiger partial charge in [0.25, 0.3) is 5.91 Å². The summed E-state index contributed by atoms with van der Waals surface area (Å²) < 4.78 is 5.62. The topological polar surface area (TPSA) is 67.0 Å². The fourth-order valence-corrected chi connectivity index (χ4v) is 1.94. The molecule has 1 aromatic heterocycles. The van der Waals surface area contributed by atoms with Crippen LogP contribution < -0.4 is 5.32 Å². The number of anilines is 1. The van der Waals surface area contributed by atoms with Gasteiger partial charge in [0.1, 0.15) is 5.60 Å². The SMILES string of the molecule is COC(C)(C)C(=O)Nc1ccccc1.Cc1cc(C)[nH]c(=S)n1. The zero-order valence-electron chi connectivity index (χ0n) is 14.1. The Balaban J connectivity index is 0.000000253. The lowest BCUT2D eigenvalue weighted by atomic mass is 10.1. The van der Waals surface area contributed by atoms with E-state index in [9.17, 15) is 4.79 Å². The number of methoxy groups -OCH3 is 1. The summed E-state index contributed by atoms with van der Waals surface area (Å²) in [5.41, 5.74) is 2.02. The fourth-order valence-electron chi connectivity index (χ4n) is 1.63. The van der Waals surface area contributed by atoms with Gasteiger partial charge in [0.15, 0.2) is 4.77 Å². The highest BCUT2D eigenvalue weighted by Crippen LogP contribution is 2.12. The second-order valence-electron chi connectivity index (χ2n) is 5.55. The highest BCUT2D eigenvalue weighted by molar-refractivity contribution is 7.71. The molecule has 0 bridgehead atoms. The van der Waals surface area contributed by atoms with E-state index in [-0.39, 0.29) is 5.91 Å². The summed E-state index contributed by atoms with van der Waals surface area (Å²) in [7, 11) is 1.52. The van der Waals surface area contributed by atoms with Crippen molar-refractivity contribution in [1.29, 1.82) is 0 Å². The number of hydrogen-bond acceptors (Lipinski definition) is 4. The second-order valence-corrected chi connectivity index (χ2v) is 5.93. The third-order valence-electron chi connectivity index (χ3n) is 3.10. The standard InChI is InChI=1S/C11H15NO2.C6H8N2S/c1-11(2,14-3)10(13)12-9-7-5-4-6-8-9;1-4-3-5(2)8-6(9)7-4/h4-8H,1-3H3,(H,12,13);3H,1-2H3,(H,7,8,9). The van der Waals surface area contributed by atoms with Crippen LogP contribution in [0.25, 0.3) is 0 Å². The Morgan fingerprint density at radius 3 is 2.35 bits per heavy atom. The van der Waals surface area contributed by atoms with Crippen molar-refractivity contribution in [3.05, 3.63) is 52.6 Å². The number of H-pyrrole nitrogens is 1. The first-order valence-corrected chi connectivity index (χ1v) is 7.61. The number of carbonyl (C=O) groups excluding carboxylic acids is 1. The summed E-state index contributed by atoms with van der Waals surface area (Å²) in [5, 5.41) is 2.77. The molecule has 0 atom stereocenters. The molecule has 2 aromatic rings. The van der Waals surface area contributed by atoms with Crippen molar-refractivity contribution in [3.8, 4) is 0 Å². The van der Waals surface area contributed by atoms with Gasteiger partial charge in [0, 0.05) is 24.2 Å². The van der Waals surface area contributed by atoms with E-state index in [2.05, 4.69) is 15.3 Å². The van der Waals surface area contributed by atoms with Crippen LogP contribution in [0.5, 0.6) is 0 Å². The molecular formula is C17H23N3O2S. The smallest absolute Gasteiger partial charge is 0.256 e. The molecular weight excluding hydrogens is 310 g/mol. The van der Waals surface area contributed by atoms with E-state index in [1.165, 1.54) is 7.11 Å². The van der Waals surface area contributed by atoms with Crippen molar-refractivity contribution in [2.45, 2.75) is 33.3 Å². The molecule has 6 heteroatoms. The molecule has 2 rings (SSSR count). The Hall–Kier alpha value is -2.05. The maximum absolute atomic E-state index is 11.6. The van der Waals surface area contributed by atoms with Crippen LogP contribution in [0.15, 0.2) is 36.4 Å². The van der Waals surface area contributed by atoms with Crippen LogP contribution in [0.4, 0.5) is 5.69 Å². The first kappa shape index (κ1) is 19.0. The molecule has 0 saturated heterocycles. The zero-order chi connectivity index (χ0) is 17.5. The van der Waals surface area contributed by atoms with Crippen LogP contribution in [0, 0.1) is 18.6 Å². The third-order valence-corrected chi connectivity index (χ3v) is 3.29. The van der Waals surface area contributed by atoms with Gasteiger partial charge in [-0.1, -0.05) is 18.2 Å². The van der Waals surface area contributed by atoms with Gasteiger partial charge in [0.2, 0.25) is 0 Å². The molecule has 0 aliphatic rings. The molecule has 0 aliphatic carbocycles. The van der Waals surface area contributed by atoms with Gasteiger partial charge in [-0.2, -0.15) is 0 Å². The number of aromatic amines is 1. The summed E-state index contributed by atoms with van der Waals surface area (Å²) in [6.07, 6.45) is 0. The number of para-hydroxylation sites is 1. The predicted octanol–water partition coefficient (Wildman–Crippen LogP) is 3.81. The number of nitrogens with zero attached hydrogens (tertiary/aromatic N) is 1. The monoisotopic (exact) mass is 333 g/mol. The Labute approximate surface area is 142 Å². The highest BCUT2D eigenvalue weighted by atomic mass is 32.1. The van der Waals surface area contributed by atoms with Crippen LogP contribution in [0.1, 0.15) is 25.2 Å². The van der Waals surface area contributed by atoms with Crippen molar-refractivity contribution >= 4 is 23.8 Å². The van der Waals surface area contributed by atoms with Crippen molar-refractivity contribution in [3.63, 3.8) is 0 Å². The number of aryl methyl sites for hydroxylation is 2. The molecule has 0 unspecified atom stereocenters. The van der Waals surface area contributed by atoms with Gasteiger partial charge < -0.3 is 15.0 Å². The van der Waals surface area contributed by atoms with E-state index in [1.807, 2.05) is 50.2 Å². The van der Waals surface area contributed by atoms with E-state index >= 15 is 0 Å². The number of benzene rings is 1. The number of aromatic nitrogens is 2. The van der Waals surface area contributed by atoms with Crippen molar-refractivity contribution in [1.82, 2.24) is 9.97 Å². The summed E-state index contributed by atoms with van der Waals surface area (Å²) in [6.45, 7) is 7.34. The van der Waals surface area contributed by atoms with Gasteiger partial charge in [-0.25, -0.2) is 4.98 Å². The third kappa shape index (κ3) is 6.71. The number of rotatable bonds is 3. The molecule has 124 valence electrons. The molecule has 1 aromatic carbocycles. The molecule has 0 fully saturated rings. The Morgan fingerprint density at radius 1 is 1.26 bits per heavy atom. The number of hydrogen-bond donors (Lipinski definition) is 2. The minimum absolute atomic E-state index is 0.147. The van der Waals surface area contributed by atoms with E-state index in [4.69, 9.17) is 17.0 Å². The van der Waals surface area contributed by atoms with Crippen LogP contribution >= 0.6 is 12.2 Å². The van der Waals surface area contributed by atoms with E-state index in [0.29, 0.717) is 4.77 Å². The molecule has 2 N–H and O–H groups in total. The Kier molecular flexibility index (Phi) is 7.06. The van der Waals surface area contributed by atoms with Gasteiger partial charge in [-0.15, -0.1) is 0 Å². The number of amides is 1. The van der Waals surface area contributed by atoms with Crippen LogP contribution in [0.2, 0.25) is 0 Å². The average Bonchev–Trinajstić information content (AvgIpc) is 2.47. The quantitative estimate of drug-likeness (QED) is 0.838. The normalized spacial score (nSPS) is 10.5. The van der Waals surface area contributed by atoms with Gasteiger partial charge in [-0.3, -0.25) is 4.79 Å². The van der Waals surface area contributed by atoms with Gasteiger partial charge in [-0.05, 0) is 58.1 Å². The molecule has 5 nitrogen and oxygen atoms in total. The van der Waals surface area contributed by atoms with Crippen molar-refractivity contribution in [2.24, 2.45) is 0 Å². The van der Waals surface area contributed by atoms with E-state index in [0.717, 1.165) is 17.1 Å². The van der Waals surface area contributed by atoms with Crippen molar-refractivity contribution in [2.75, 3.05) is 12.4 Å². The predicted molar refractivity (Wildman–Crippen MR) is 95.1 cm³/mol. The molecule has 0 saturated carbocycles. The fraction of sp³-hybridized carbons (Fsp3) is 0.353. The lowest BCUT2D eigenvalue weighted by Crippen LogP contribution is -2.38. The molecule has 1 heterocycles. The molecule has 0 spiro atoms. The second kappa shape index (κ2) is 8.55. The minimum Gasteiger partial charge on any atom is -0.369 e. The molecule has 1 amide bonds. The lowest BCUT2D eigenvalue weighted by Gasteiger charge is -2.21. The Morgan fingerprint density at radius 2 is 1.87 bits per heavy atom. The van der Waals surface area contributed by atoms with Crippen LogP contribution in [0.3, 0.4) is 0 Å².